The molecule has 1 unspecified atom stereocenters. The van der Waals surface area contributed by atoms with Gasteiger partial charge in [0.25, 0.3) is 10.2 Å². The zero-order chi connectivity index (χ0) is 13.6. The van der Waals surface area contributed by atoms with E-state index in [4.69, 9.17) is 9.84 Å². The van der Waals surface area contributed by atoms with Crippen molar-refractivity contribution in [3.05, 3.63) is 0 Å². The molecule has 1 aliphatic heterocycles. The Hall–Kier alpha value is -0.350. The van der Waals surface area contributed by atoms with Crippen LogP contribution in [0.25, 0.3) is 0 Å². The fraction of sp³-hybridized carbons (Fsp3) is 0.889. The van der Waals surface area contributed by atoms with Crippen LogP contribution in [0.1, 0.15) is 6.42 Å². The molecule has 1 fully saturated rings. The van der Waals surface area contributed by atoms with Crippen molar-refractivity contribution in [2.45, 2.75) is 12.5 Å². The maximum absolute atomic E-state index is 12.0. The van der Waals surface area contributed by atoms with Gasteiger partial charge in [-0.2, -0.15) is 29.2 Å². The summed E-state index contributed by atoms with van der Waals surface area (Å²) in [7, 11) is -2.14. The molecule has 0 aromatic heterocycles. The van der Waals surface area contributed by atoms with Gasteiger partial charge in [0.15, 0.2) is 0 Å². The van der Waals surface area contributed by atoms with E-state index in [0.29, 0.717) is 18.1 Å². The van der Waals surface area contributed by atoms with Crippen LogP contribution in [0, 0.1) is 0 Å². The number of hydrogen-bond acceptors (Lipinski definition) is 5. The van der Waals surface area contributed by atoms with E-state index in [9.17, 15) is 13.2 Å². The molecule has 18 heavy (non-hydrogen) atoms. The van der Waals surface area contributed by atoms with Crippen LogP contribution in [-0.2, 0) is 19.7 Å². The zero-order valence-electron chi connectivity index (χ0n) is 10.2. The van der Waals surface area contributed by atoms with Gasteiger partial charge in [0.05, 0.1) is 13.0 Å². The van der Waals surface area contributed by atoms with E-state index in [1.807, 2.05) is 0 Å². The first-order chi connectivity index (χ1) is 8.47. The van der Waals surface area contributed by atoms with Gasteiger partial charge in [0.2, 0.25) is 0 Å². The van der Waals surface area contributed by atoms with Crippen molar-refractivity contribution < 1.29 is 23.1 Å². The van der Waals surface area contributed by atoms with Gasteiger partial charge in [-0.3, -0.25) is 4.79 Å². The Balaban J connectivity index is 2.66. The molecule has 1 atom stereocenters. The molecule has 0 amide bonds. The minimum absolute atomic E-state index is 0.168. The number of aliphatic carboxylic acids is 1. The van der Waals surface area contributed by atoms with Crippen LogP contribution < -0.4 is 4.72 Å². The fourth-order valence-electron chi connectivity index (χ4n) is 1.67. The van der Waals surface area contributed by atoms with Crippen LogP contribution in [0.2, 0.25) is 0 Å². The van der Waals surface area contributed by atoms with Crippen molar-refractivity contribution in [2.75, 3.05) is 38.3 Å². The Kier molecular flexibility index (Phi) is 6.36. The van der Waals surface area contributed by atoms with Gasteiger partial charge >= 0.3 is 5.97 Å². The van der Waals surface area contributed by atoms with Crippen LogP contribution >= 0.6 is 11.8 Å². The average Bonchev–Trinajstić information content (AvgIpc) is 2.29. The second-order valence-electron chi connectivity index (χ2n) is 3.83. The Labute approximate surface area is 111 Å². The quantitative estimate of drug-likeness (QED) is 0.607. The molecule has 0 spiro atoms. The first-order valence-corrected chi connectivity index (χ1v) is 8.11. The minimum Gasteiger partial charge on any atom is -0.481 e. The molecule has 2 N–H and O–H groups in total. The number of carboxylic acids is 1. The van der Waals surface area contributed by atoms with Gasteiger partial charge < -0.3 is 9.84 Å². The molecule has 1 saturated heterocycles. The first-order valence-electron chi connectivity index (χ1n) is 5.52. The van der Waals surface area contributed by atoms with Crippen molar-refractivity contribution in [3.8, 4) is 0 Å². The molecule has 106 valence electrons. The first kappa shape index (κ1) is 15.7. The van der Waals surface area contributed by atoms with Crippen LogP contribution in [0.4, 0.5) is 0 Å². The maximum atomic E-state index is 12.0. The lowest BCUT2D eigenvalue weighted by atomic mass is 10.2. The van der Waals surface area contributed by atoms with E-state index >= 15 is 0 Å². The molecule has 0 bridgehead atoms. The number of rotatable bonds is 7. The summed E-state index contributed by atoms with van der Waals surface area (Å²) in [5, 5.41) is 8.79. The number of carboxylic acid groups (broad SMARTS) is 1. The van der Waals surface area contributed by atoms with Gasteiger partial charge in [-0.15, -0.1) is 0 Å². The molecular weight excluding hydrogens is 280 g/mol. The summed E-state index contributed by atoms with van der Waals surface area (Å²) in [4.78, 5) is 10.7. The smallest absolute Gasteiger partial charge is 0.305 e. The topological polar surface area (TPSA) is 95.9 Å². The summed E-state index contributed by atoms with van der Waals surface area (Å²) in [5.74, 6) is 0.207. The van der Waals surface area contributed by atoms with E-state index in [1.165, 1.54) is 11.4 Å². The molecule has 0 aromatic rings. The van der Waals surface area contributed by atoms with Crippen LogP contribution in [0.5, 0.6) is 0 Å². The summed E-state index contributed by atoms with van der Waals surface area (Å²) >= 11 is 1.57. The van der Waals surface area contributed by atoms with E-state index in [1.54, 1.807) is 11.8 Å². The van der Waals surface area contributed by atoms with E-state index in [2.05, 4.69) is 4.72 Å². The van der Waals surface area contributed by atoms with Gasteiger partial charge in [-0.1, -0.05) is 0 Å². The molecule has 0 aliphatic carbocycles. The Morgan fingerprint density at radius 2 is 2.33 bits per heavy atom. The average molecular weight is 298 g/mol. The minimum atomic E-state index is -3.62. The molecule has 9 heteroatoms. The van der Waals surface area contributed by atoms with E-state index in [0.717, 1.165) is 0 Å². The predicted molar refractivity (Wildman–Crippen MR) is 68.9 cm³/mol. The molecule has 7 nitrogen and oxygen atoms in total. The lowest BCUT2D eigenvalue weighted by molar-refractivity contribution is -0.137. The molecule has 1 heterocycles. The lowest BCUT2D eigenvalue weighted by Crippen LogP contribution is -2.51. The zero-order valence-corrected chi connectivity index (χ0v) is 11.8. The lowest BCUT2D eigenvalue weighted by Gasteiger charge is -2.33. The van der Waals surface area contributed by atoms with Crippen molar-refractivity contribution in [1.29, 1.82) is 0 Å². The summed E-state index contributed by atoms with van der Waals surface area (Å²) < 4.78 is 32.4. The Bertz CT molecular complexity index is 373. The molecule has 1 aliphatic rings. The molecule has 0 aromatic carbocycles. The normalized spacial score (nSPS) is 21.9. The highest BCUT2D eigenvalue weighted by Crippen LogP contribution is 2.21. The van der Waals surface area contributed by atoms with Crippen LogP contribution in [-0.4, -0.2) is 68.2 Å². The standard InChI is InChI=1S/C9H18N2O5S2/c1-16-4-2-10-18(14,15)11-3-5-17-7-8(11)6-9(12)13/h8,10H,2-7H2,1H3,(H,12,13). The van der Waals surface area contributed by atoms with Gasteiger partial charge in [-0.05, 0) is 0 Å². The SMILES string of the molecule is COCCNS(=O)(=O)N1CCSCC1CC(=O)O. The van der Waals surface area contributed by atoms with Crippen molar-refractivity contribution >= 4 is 27.9 Å². The van der Waals surface area contributed by atoms with E-state index < -0.39 is 22.2 Å². The highest BCUT2D eigenvalue weighted by atomic mass is 32.2. The number of thioether (sulfide) groups is 1. The number of methoxy groups -OCH3 is 1. The number of nitrogens with one attached hydrogen (secondary N) is 1. The third-order valence-electron chi connectivity index (χ3n) is 2.48. The summed E-state index contributed by atoms with van der Waals surface area (Å²) in [6, 6.07) is -0.485. The van der Waals surface area contributed by atoms with Gasteiger partial charge in [-0.25, -0.2) is 0 Å². The van der Waals surface area contributed by atoms with E-state index in [-0.39, 0.29) is 19.6 Å². The van der Waals surface area contributed by atoms with Crippen molar-refractivity contribution in [2.24, 2.45) is 0 Å². The third-order valence-corrected chi connectivity index (χ3v) is 5.24. The number of carbonyl (C=O) groups is 1. The second kappa shape index (κ2) is 7.29. The largest absolute Gasteiger partial charge is 0.481 e. The summed E-state index contributed by atoms with van der Waals surface area (Å²) in [6.07, 6.45) is -0.168. The highest BCUT2D eigenvalue weighted by molar-refractivity contribution is 7.99. The van der Waals surface area contributed by atoms with Crippen LogP contribution in [0.15, 0.2) is 0 Å². The maximum Gasteiger partial charge on any atom is 0.305 e. The number of ether oxygens (including phenoxy) is 1. The summed E-state index contributed by atoms with van der Waals surface area (Å²) in [6.45, 7) is 0.804. The predicted octanol–water partition coefficient (Wildman–Crippen LogP) is -0.641. The van der Waals surface area contributed by atoms with Crippen LogP contribution in [0.3, 0.4) is 0 Å². The van der Waals surface area contributed by atoms with Crippen molar-refractivity contribution in [1.82, 2.24) is 9.03 Å². The Morgan fingerprint density at radius 1 is 1.61 bits per heavy atom. The highest BCUT2D eigenvalue weighted by Gasteiger charge is 2.33. The monoisotopic (exact) mass is 298 g/mol. The molecule has 0 saturated carbocycles. The van der Waals surface area contributed by atoms with Crippen molar-refractivity contribution in [3.63, 3.8) is 0 Å². The molecule has 1 rings (SSSR count). The summed E-state index contributed by atoms with van der Waals surface area (Å²) in [5.41, 5.74) is 0. The molecule has 0 radical (unpaired) electrons. The van der Waals surface area contributed by atoms with Gasteiger partial charge in [0, 0.05) is 37.7 Å². The molecular formula is C9H18N2O5S2. The second-order valence-corrected chi connectivity index (χ2v) is 6.69. The Morgan fingerprint density at radius 3 is 2.94 bits per heavy atom. The fourth-order valence-corrected chi connectivity index (χ4v) is 4.33. The number of hydrogen-bond donors (Lipinski definition) is 2. The van der Waals surface area contributed by atoms with Gasteiger partial charge in [0.1, 0.15) is 0 Å². The number of nitrogens with zero attached hydrogens (tertiary/aromatic N) is 1. The third kappa shape index (κ3) is 4.73.